The largest absolute Gasteiger partial charge is 0.350 e. The van der Waals surface area contributed by atoms with Crippen molar-refractivity contribution < 1.29 is 27.7 Å². The second-order valence-corrected chi connectivity index (χ2v) is 7.68. The molecule has 3 rings (SSSR count). The smallest absolute Gasteiger partial charge is 0.282 e. The second kappa shape index (κ2) is 7.41. The normalized spacial score (nSPS) is 13.3. The van der Waals surface area contributed by atoms with E-state index >= 15 is 0 Å². The van der Waals surface area contributed by atoms with Gasteiger partial charge in [-0.15, -0.1) is 0 Å². The number of hydrogen-bond acceptors (Lipinski definition) is 7. The fourth-order valence-corrected chi connectivity index (χ4v) is 3.32. The Balaban J connectivity index is 1.67. The lowest BCUT2D eigenvalue weighted by molar-refractivity contribution is -0.385. The Morgan fingerprint density at radius 1 is 1.10 bits per heavy atom. The number of nitrogens with two attached hydrogens (primary N) is 1. The molecule has 0 radical (unpaired) electrons. The van der Waals surface area contributed by atoms with Gasteiger partial charge in [-0.25, -0.2) is 13.6 Å². The van der Waals surface area contributed by atoms with Gasteiger partial charge in [0.05, 0.1) is 15.4 Å². The zero-order valence-electron chi connectivity index (χ0n) is 14.7. The number of nitro benzene ring substituents is 1. The molecule has 0 bridgehead atoms. The highest BCUT2D eigenvalue weighted by Gasteiger charge is 2.41. The molecule has 0 atom stereocenters. The number of benzene rings is 2. The Morgan fingerprint density at radius 3 is 2.34 bits per heavy atom. The second-order valence-electron chi connectivity index (χ2n) is 6.12. The van der Waals surface area contributed by atoms with Gasteiger partial charge in [0.2, 0.25) is 15.9 Å². The van der Waals surface area contributed by atoms with Crippen LogP contribution in [0.25, 0.3) is 0 Å². The van der Waals surface area contributed by atoms with Crippen LogP contribution in [0.4, 0.5) is 5.69 Å². The Morgan fingerprint density at radius 2 is 1.76 bits per heavy atom. The van der Waals surface area contributed by atoms with E-state index in [0.29, 0.717) is 10.5 Å². The quantitative estimate of drug-likeness (QED) is 0.382. The predicted molar refractivity (Wildman–Crippen MR) is 98.1 cm³/mol. The molecule has 0 fully saturated rings. The van der Waals surface area contributed by atoms with Crippen molar-refractivity contribution in [1.29, 1.82) is 0 Å². The Kier molecular flexibility index (Phi) is 5.14. The number of amides is 3. The van der Waals surface area contributed by atoms with E-state index in [1.54, 1.807) is 0 Å². The summed E-state index contributed by atoms with van der Waals surface area (Å²) < 4.78 is 22.4. The number of nitrogens with zero attached hydrogens (tertiary/aromatic N) is 2. The lowest BCUT2D eigenvalue weighted by atomic mass is 10.1. The summed E-state index contributed by atoms with van der Waals surface area (Å²) in [7, 11) is -3.83. The van der Waals surface area contributed by atoms with E-state index in [4.69, 9.17) is 5.14 Å². The molecule has 1 heterocycles. The summed E-state index contributed by atoms with van der Waals surface area (Å²) in [6, 6.07) is 9.14. The molecule has 12 heteroatoms. The summed E-state index contributed by atoms with van der Waals surface area (Å²) in [4.78, 5) is 47.8. The van der Waals surface area contributed by atoms with Crippen molar-refractivity contribution in [2.24, 2.45) is 5.14 Å². The van der Waals surface area contributed by atoms with Gasteiger partial charge in [0.1, 0.15) is 12.1 Å². The molecule has 0 spiro atoms. The van der Waals surface area contributed by atoms with E-state index in [0.717, 1.165) is 6.07 Å². The van der Waals surface area contributed by atoms with Crippen LogP contribution in [0, 0.1) is 10.1 Å². The first-order valence-corrected chi connectivity index (χ1v) is 9.66. The summed E-state index contributed by atoms with van der Waals surface area (Å²) >= 11 is 0. The molecule has 3 N–H and O–H groups in total. The van der Waals surface area contributed by atoms with Crippen LogP contribution in [-0.4, -0.2) is 42.5 Å². The number of sulfonamides is 1. The minimum absolute atomic E-state index is 0.00699. The number of hydrogen-bond donors (Lipinski definition) is 2. The number of fused-ring (bicyclic) bond motifs is 1. The number of primary sulfonamides is 1. The van der Waals surface area contributed by atoms with Crippen molar-refractivity contribution in [3.8, 4) is 0 Å². The van der Waals surface area contributed by atoms with E-state index in [2.05, 4.69) is 5.32 Å². The van der Waals surface area contributed by atoms with Crippen molar-refractivity contribution in [2.45, 2.75) is 11.4 Å². The van der Waals surface area contributed by atoms with Crippen LogP contribution in [0.1, 0.15) is 26.3 Å². The molecule has 29 heavy (non-hydrogen) atoms. The molecule has 3 amide bonds. The third-order valence-corrected chi connectivity index (χ3v) is 5.15. The van der Waals surface area contributed by atoms with Crippen LogP contribution in [0.3, 0.4) is 0 Å². The minimum atomic E-state index is -3.83. The standard InChI is InChI=1S/C17H14N4O7S/c18-29(27,28)11-6-4-10(5-7-11)8-19-14(22)9-20-16(23)12-2-1-3-13(21(25)26)15(12)17(20)24/h1-7H,8-9H2,(H,19,22)(H2,18,27,28). The highest BCUT2D eigenvalue weighted by atomic mass is 32.2. The summed E-state index contributed by atoms with van der Waals surface area (Å²) in [5, 5.41) is 18.6. The van der Waals surface area contributed by atoms with Crippen LogP contribution < -0.4 is 10.5 Å². The van der Waals surface area contributed by atoms with Crippen LogP contribution in [0.15, 0.2) is 47.4 Å². The van der Waals surface area contributed by atoms with Gasteiger partial charge in [-0.2, -0.15) is 0 Å². The third kappa shape index (κ3) is 3.97. The molecule has 150 valence electrons. The average Bonchev–Trinajstić information content (AvgIpc) is 2.91. The van der Waals surface area contributed by atoms with Gasteiger partial charge < -0.3 is 5.32 Å². The molecule has 2 aromatic carbocycles. The SMILES string of the molecule is NS(=O)(=O)c1ccc(CNC(=O)CN2C(=O)c3cccc([N+](=O)[O-])c3C2=O)cc1. The lowest BCUT2D eigenvalue weighted by Crippen LogP contribution is -2.40. The maximum Gasteiger partial charge on any atom is 0.282 e. The van der Waals surface area contributed by atoms with Crippen molar-refractivity contribution >= 4 is 33.4 Å². The zero-order valence-corrected chi connectivity index (χ0v) is 15.5. The molecule has 1 aliphatic rings. The third-order valence-electron chi connectivity index (χ3n) is 4.22. The molecule has 0 aliphatic carbocycles. The van der Waals surface area contributed by atoms with Crippen LogP contribution in [-0.2, 0) is 21.4 Å². The first kappa shape index (κ1) is 20.1. The van der Waals surface area contributed by atoms with Gasteiger partial charge in [-0.05, 0) is 23.8 Å². The molecule has 2 aromatic rings. The molecule has 11 nitrogen and oxygen atoms in total. The molecule has 0 aromatic heterocycles. The maximum atomic E-state index is 12.4. The van der Waals surface area contributed by atoms with E-state index in [-0.39, 0.29) is 22.6 Å². The Bertz CT molecular complexity index is 1140. The first-order chi connectivity index (χ1) is 13.6. The zero-order chi connectivity index (χ0) is 21.3. The predicted octanol–water partition coefficient (Wildman–Crippen LogP) is 0.155. The van der Waals surface area contributed by atoms with E-state index in [9.17, 15) is 32.9 Å². The van der Waals surface area contributed by atoms with Gasteiger partial charge in [-0.3, -0.25) is 29.4 Å². The van der Waals surface area contributed by atoms with Gasteiger partial charge in [0, 0.05) is 12.6 Å². The van der Waals surface area contributed by atoms with Gasteiger partial charge >= 0.3 is 0 Å². The molecule has 0 saturated heterocycles. The van der Waals surface area contributed by atoms with Gasteiger partial charge in [-0.1, -0.05) is 18.2 Å². The number of carbonyl (C=O) groups is 3. The summed E-state index contributed by atoms with van der Waals surface area (Å²) in [5.74, 6) is -2.37. The number of imide groups is 1. The fourth-order valence-electron chi connectivity index (χ4n) is 2.81. The number of carbonyl (C=O) groups excluding carboxylic acids is 3. The number of rotatable bonds is 6. The Hall–Kier alpha value is -3.64. The summed E-state index contributed by atoms with van der Waals surface area (Å²) in [5.41, 5.74) is -0.410. The number of nitro groups is 1. The summed E-state index contributed by atoms with van der Waals surface area (Å²) in [6.45, 7) is -0.605. The summed E-state index contributed by atoms with van der Waals surface area (Å²) in [6.07, 6.45) is 0. The highest BCUT2D eigenvalue weighted by molar-refractivity contribution is 7.89. The Labute approximate surface area is 164 Å². The average molecular weight is 418 g/mol. The fraction of sp³-hybridized carbons (Fsp3) is 0.118. The first-order valence-electron chi connectivity index (χ1n) is 8.11. The lowest BCUT2D eigenvalue weighted by Gasteiger charge is -2.13. The van der Waals surface area contributed by atoms with Crippen molar-refractivity contribution in [2.75, 3.05) is 6.54 Å². The van der Waals surface area contributed by atoms with E-state index < -0.39 is 44.9 Å². The minimum Gasteiger partial charge on any atom is -0.350 e. The van der Waals surface area contributed by atoms with E-state index in [1.165, 1.54) is 36.4 Å². The van der Waals surface area contributed by atoms with Crippen LogP contribution >= 0.6 is 0 Å². The molecule has 0 saturated carbocycles. The van der Waals surface area contributed by atoms with Gasteiger partial charge in [0.25, 0.3) is 17.5 Å². The van der Waals surface area contributed by atoms with Crippen molar-refractivity contribution in [3.63, 3.8) is 0 Å². The van der Waals surface area contributed by atoms with Crippen LogP contribution in [0.5, 0.6) is 0 Å². The monoisotopic (exact) mass is 418 g/mol. The van der Waals surface area contributed by atoms with Crippen molar-refractivity contribution in [3.05, 3.63) is 69.3 Å². The topological polar surface area (TPSA) is 170 Å². The van der Waals surface area contributed by atoms with Crippen molar-refractivity contribution in [1.82, 2.24) is 10.2 Å². The number of nitrogens with one attached hydrogen (secondary N) is 1. The van der Waals surface area contributed by atoms with Gasteiger partial charge in [0.15, 0.2) is 0 Å². The van der Waals surface area contributed by atoms with E-state index in [1.807, 2.05) is 0 Å². The molecule has 1 aliphatic heterocycles. The molecule has 0 unspecified atom stereocenters. The molecular weight excluding hydrogens is 404 g/mol. The molecular formula is C17H14N4O7S. The maximum absolute atomic E-state index is 12.4. The highest BCUT2D eigenvalue weighted by Crippen LogP contribution is 2.30. The van der Waals surface area contributed by atoms with Crippen LogP contribution in [0.2, 0.25) is 0 Å².